The smallest absolute Gasteiger partial charge is 0.325 e. The van der Waals surface area contributed by atoms with Gasteiger partial charge in [0.25, 0.3) is 5.91 Å². The van der Waals surface area contributed by atoms with E-state index < -0.39 is 5.97 Å². The number of hydrogen-bond acceptors (Lipinski definition) is 4. The number of rotatable bonds is 4. The minimum absolute atomic E-state index is 0.0555. The van der Waals surface area contributed by atoms with Gasteiger partial charge in [-0.1, -0.05) is 6.07 Å². The van der Waals surface area contributed by atoms with Crippen molar-refractivity contribution in [2.75, 3.05) is 25.9 Å². The first kappa shape index (κ1) is 14.0. The normalized spacial score (nSPS) is 9.94. The van der Waals surface area contributed by atoms with Gasteiger partial charge in [-0.3, -0.25) is 9.59 Å². The number of carbonyl (C=O) groups excluding carboxylic acids is 2. The fourth-order valence-corrected chi connectivity index (χ4v) is 1.60. The Hall–Kier alpha value is -2.04. The Morgan fingerprint density at radius 1 is 1.39 bits per heavy atom. The Morgan fingerprint density at radius 3 is 2.61 bits per heavy atom. The molecule has 1 rings (SSSR count). The number of nitrogens with two attached hydrogens (primary N) is 1. The third kappa shape index (κ3) is 3.00. The second-order valence-corrected chi connectivity index (χ2v) is 3.92. The summed E-state index contributed by atoms with van der Waals surface area (Å²) in [6.45, 7) is 3.97. The minimum Gasteiger partial charge on any atom is -0.468 e. The Morgan fingerprint density at radius 2 is 2.06 bits per heavy atom. The van der Waals surface area contributed by atoms with E-state index in [1.54, 1.807) is 25.1 Å². The predicted octanol–water partition coefficient (Wildman–Crippen LogP) is 1.21. The van der Waals surface area contributed by atoms with Gasteiger partial charge in [0.05, 0.1) is 7.11 Å². The van der Waals surface area contributed by atoms with Crippen molar-refractivity contribution in [2.24, 2.45) is 0 Å². The summed E-state index contributed by atoms with van der Waals surface area (Å²) in [4.78, 5) is 24.9. The zero-order chi connectivity index (χ0) is 13.7. The molecule has 0 saturated carbocycles. The molecule has 0 unspecified atom stereocenters. The molecule has 0 bridgehead atoms. The number of nitrogen functional groups attached to an aromatic ring is 1. The van der Waals surface area contributed by atoms with Crippen molar-refractivity contribution in [1.82, 2.24) is 4.90 Å². The van der Waals surface area contributed by atoms with Crippen molar-refractivity contribution in [1.29, 1.82) is 0 Å². The quantitative estimate of drug-likeness (QED) is 0.644. The lowest BCUT2D eigenvalue weighted by Gasteiger charge is -2.20. The average molecular weight is 250 g/mol. The summed E-state index contributed by atoms with van der Waals surface area (Å²) in [5.41, 5.74) is 7.57. The van der Waals surface area contributed by atoms with E-state index in [1.165, 1.54) is 12.0 Å². The van der Waals surface area contributed by atoms with Gasteiger partial charge in [0.2, 0.25) is 0 Å². The van der Waals surface area contributed by atoms with Gasteiger partial charge in [0, 0.05) is 17.8 Å². The molecule has 0 aromatic heterocycles. The number of ether oxygens (including phenoxy) is 1. The Labute approximate surface area is 107 Å². The van der Waals surface area contributed by atoms with E-state index in [0.29, 0.717) is 17.8 Å². The summed E-state index contributed by atoms with van der Waals surface area (Å²) in [5, 5.41) is 0. The number of esters is 1. The van der Waals surface area contributed by atoms with Crippen LogP contribution in [0.25, 0.3) is 0 Å². The lowest BCUT2D eigenvalue weighted by molar-refractivity contribution is -0.141. The number of nitrogens with zero attached hydrogens (tertiary/aromatic N) is 1. The summed E-state index contributed by atoms with van der Waals surface area (Å²) in [6, 6.07) is 5.16. The van der Waals surface area contributed by atoms with Crippen LogP contribution in [-0.4, -0.2) is 37.0 Å². The molecule has 0 aliphatic carbocycles. The largest absolute Gasteiger partial charge is 0.468 e. The van der Waals surface area contributed by atoms with Gasteiger partial charge in [0.1, 0.15) is 6.54 Å². The molecule has 0 radical (unpaired) electrons. The number of hydrogen-bond donors (Lipinski definition) is 1. The molecule has 0 fully saturated rings. The SMILES string of the molecule is CCN(CC(=O)OC)C(=O)c1cccc(N)c1C. The minimum atomic E-state index is -0.438. The summed E-state index contributed by atoms with van der Waals surface area (Å²) >= 11 is 0. The highest BCUT2D eigenvalue weighted by atomic mass is 16.5. The van der Waals surface area contributed by atoms with Gasteiger partial charge in [-0.15, -0.1) is 0 Å². The number of methoxy groups -OCH3 is 1. The summed E-state index contributed by atoms with van der Waals surface area (Å²) in [7, 11) is 1.30. The molecular weight excluding hydrogens is 232 g/mol. The van der Waals surface area contributed by atoms with E-state index in [4.69, 9.17) is 5.73 Å². The van der Waals surface area contributed by atoms with Crippen molar-refractivity contribution in [3.05, 3.63) is 29.3 Å². The third-order valence-corrected chi connectivity index (χ3v) is 2.82. The van der Waals surface area contributed by atoms with Crippen LogP contribution in [0, 0.1) is 6.92 Å². The monoisotopic (exact) mass is 250 g/mol. The molecule has 98 valence electrons. The van der Waals surface area contributed by atoms with Gasteiger partial charge < -0.3 is 15.4 Å². The summed E-state index contributed by atoms with van der Waals surface area (Å²) in [6.07, 6.45) is 0. The zero-order valence-electron chi connectivity index (χ0n) is 10.9. The lowest BCUT2D eigenvalue weighted by Crippen LogP contribution is -2.36. The molecule has 0 aliphatic heterocycles. The molecule has 1 aromatic carbocycles. The van der Waals surface area contributed by atoms with E-state index in [9.17, 15) is 9.59 Å². The van der Waals surface area contributed by atoms with Crippen molar-refractivity contribution in [3.8, 4) is 0 Å². The zero-order valence-corrected chi connectivity index (χ0v) is 10.9. The van der Waals surface area contributed by atoms with E-state index in [1.807, 2.05) is 6.92 Å². The van der Waals surface area contributed by atoms with E-state index in [2.05, 4.69) is 4.74 Å². The number of amides is 1. The van der Waals surface area contributed by atoms with E-state index >= 15 is 0 Å². The maximum Gasteiger partial charge on any atom is 0.325 e. The second kappa shape index (κ2) is 6.05. The summed E-state index contributed by atoms with van der Waals surface area (Å²) < 4.78 is 4.57. The fraction of sp³-hybridized carbons (Fsp3) is 0.385. The topological polar surface area (TPSA) is 72.6 Å². The lowest BCUT2D eigenvalue weighted by atomic mass is 10.1. The molecule has 0 saturated heterocycles. The average Bonchev–Trinajstić information content (AvgIpc) is 2.38. The van der Waals surface area contributed by atoms with Crippen LogP contribution in [-0.2, 0) is 9.53 Å². The molecule has 5 nitrogen and oxygen atoms in total. The molecule has 0 heterocycles. The number of carbonyl (C=O) groups is 2. The fourth-order valence-electron chi connectivity index (χ4n) is 1.60. The number of benzene rings is 1. The van der Waals surface area contributed by atoms with E-state index in [0.717, 1.165) is 5.56 Å². The molecule has 5 heteroatoms. The Bertz CT molecular complexity index is 458. The van der Waals surface area contributed by atoms with Gasteiger partial charge in [-0.25, -0.2) is 0 Å². The van der Waals surface area contributed by atoms with Crippen LogP contribution in [0.2, 0.25) is 0 Å². The number of likely N-dealkylation sites (N-methyl/N-ethyl adjacent to an activating group) is 1. The van der Waals surface area contributed by atoms with Gasteiger partial charge >= 0.3 is 5.97 Å². The van der Waals surface area contributed by atoms with Crippen molar-refractivity contribution in [3.63, 3.8) is 0 Å². The van der Waals surface area contributed by atoms with Crippen LogP contribution < -0.4 is 5.73 Å². The van der Waals surface area contributed by atoms with Crippen LogP contribution in [0.3, 0.4) is 0 Å². The second-order valence-electron chi connectivity index (χ2n) is 3.92. The van der Waals surface area contributed by atoms with Crippen LogP contribution in [0.4, 0.5) is 5.69 Å². The maximum atomic E-state index is 12.3. The van der Waals surface area contributed by atoms with Crippen LogP contribution in [0.15, 0.2) is 18.2 Å². The molecule has 0 aliphatic rings. The molecule has 1 amide bonds. The third-order valence-electron chi connectivity index (χ3n) is 2.82. The first-order valence-corrected chi connectivity index (χ1v) is 5.72. The van der Waals surface area contributed by atoms with E-state index in [-0.39, 0.29) is 12.5 Å². The standard InChI is InChI=1S/C13H18N2O3/c1-4-15(8-12(16)18-3)13(17)10-6-5-7-11(14)9(10)2/h5-7H,4,8,14H2,1-3H3. The maximum absolute atomic E-state index is 12.3. The van der Waals surface area contributed by atoms with Crippen LogP contribution in [0.1, 0.15) is 22.8 Å². The molecule has 1 aromatic rings. The Kier molecular flexibility index (Phi) is 4.71. The molecule has 0 spiro atoms. The first-order chi connectivity index (χ1) is 8.51. The highest BCUT2D eigenvalue weighted by molar-refractivity contribution is 5.98. The van der Waals surface area contributed by atoms with Gasteiger partial charge in [-0.05, 0) is 31.5 Å². The molecule has 18 heavy (non-hydrogen) atoms. The Balaban J connectivity index is 2.97. The molecular formula is C13H18N2O3. The summed E-state index contributed by atoms with van der Waals surface area (Å²) in [5.74, 6) is -0.653. The van der Waals surface area contributed by atoms with Gasteiger partial charge in [-0.2, -0.15) is 0 Å². The highest BCUT2D eigenvalue weighted by Gasteiger charge is 2.19. The molecule has 2 N–H and O–H groups in total. The van der Waals surface area contributed by atoms with Gasteiger partial charge in [0.15, 0.2) is 0 Å². The van der Waals surface area contributed by atoms with Crippen molar-refractivity contribution < 1.29 is 14.3 Å². The molecule has 0 atom stereocenters. The predicted molar refractivity (Wildman–Crippen MR) is 69.2 cm³/mol. The van der Waals surface area contributed by atoms with Crippen LogP contribution >= 0.6 is 0 Å². The first-order valence-electron chi connectivity index (χ1n) is 5.72. The number of anilines is 1. The highest BCUT2D eigenvalue weighted by Crippen LogP contribution is 2.17. The van der Waals surface area contributed by atoms with Crippen molar-refractivity contribution >= 4 is 17.6 Å². The van der Waals surface area contributed by atoms with Crippen molar-refractivity contribution in [2.45, 2.75) is 13.8 Å². The van der Waals surface area contributed by atoms with Crippen LogP contribution in [0.5, 0.6) is 0 Å².